The van der Waals surface area contributed by atoms with E-state index < -0.39 is 17.9 Å². The summed E-state index contributed by atoms with van der Waals surface area (Å²) in [4.78, 5) is 30.1. The Kier molecular flexibility index (Phi) is 7.98. The molecule has 1 unspecified atom stereocenters. The number of hydrogen-bond donors (Lipinski definition) is 2. The average molecular weight is 552 g/mol. The van der Waals surface area contributed by atoms with E-state index in [0.717, 1.165) is 27.9 Å². The van der Waals surface area contributed by atoms with Crippen molar-refractivity contribution >= 4 is 34.0 Å². The number of hydrogen-bond acceptors (Lipinski definition) is 5. The third-order valence-corrected chi connectivity index (χ3v) is 7.29. The van der Waals surface area contributed by atoms with Crippen LogP contribution in [0.1, 0.15) is 22.8 Å². The van der Waals surface area contributed by atoms with Gasteiger partial charge in [-0.1, -0.05) is 78.9 Å². The van der Waals surface area contributed by atoms with Crippen LogP contribution in [0.4, 0.5) is 15.2 Å². The molecular formula is C32H26FN3O3S. The second-order valence-corrected chi connectivity index (χ2v) is 10.1. The Morgan fingerprint density at radius 1 is 0.875 bits per heavy atom. The van der Waals surface area contributed by atoms with Crippen molar-refractivity contribution in [3.63, 3.8) is 0 Å². The molecule has 5 rings (SSSR count). The van der Waals surface area contributed by atoms with Crippen molar-refractivity contribution < 1.29 is 19.1 Å². The van der Waals surface area contributed by atoms with E-state index in [1.54, 1.807) is 42.5 Å². The Morgan fingerprint density at radius 2 is 1.50 bits per heavy atom. The Labute approximate surface area is 235 Å². The minimum absolute atomic E-state index is 0.314. The Morgan fingerprint density at radius 3 is 2.17 bits per heavy atom. The summed E-state index contributed by atoms with van der Waals surface area (Å²) < 4.78 is 15.0. The molecule has 1 aromatic heterocycles. The molecule has 0 fully saturated rings. The van der Waals surface area contributed by atoms with E-state index in [1.165, 1.54) is 24.3 Å². The van der Waals surface area contributed by atoms with Crippen molar-refractivity contribution in [2.75, 3.05) is 4.90 Å². The van der Waals surface area contributed by atoms with Crippen molar-refractivity contribution in [1.82, 2.24) is 10.3 Å². The van der Waals surface area contributed by atoms with Crippen LogP contribution < -0.4 is 10.2 Å². The minimum atomic E-state index is -1.11. The molecule has 8 heteroatoms. The fourth-order valence-corrected chi connectivity index (χ4v) is 5.04. The summed E-state index contributed by atoms with van der Waals surface area (Å²) in [5.41, 5.74) is 5.56. The van der Waals surface area contributed by atoms with Crippen LogP contribution in [-0.4, -0.2) is 28.0 Å². The smallest absolute Gasteiger partial charge is 0.325 e. The topological polar surface area (TPSA) is 82.5 Å². The standard InChI is InChI=1S/C32H26FN3O3S/c1-21(31(38)39)34-30(37)26-13-11-22(12-14-26)19-36(29-10-6-5-9-27(29)33)32-35-28(20-40-32)25-17-15-24(16-18-25)23-7-3-2-4-8-23/h2-18,20-21H,19H2,1H3,(H,34,37)(H,38,39). The Bertz CT molecular complexity index is 1620. The first-order chi connectivity index (χ1) is 19.4. The van der Waals surface area contributed by atoms with Crippen LogP contribution in [0.5, 0.6) is 0 Å². The number of aliphatic carboxylic acids is 1. The molecule has 5 aromatic rings. The van der Waals surface area contributed by atoms with Gasteiger partial charge in [0.05, 0.1) is 17.9 Å². The number of halogens is 1. The zero-order chi connectivity index (χ0) is 28.1. The summed E-state index contributed by atoms with van der Waals surface area (Å²) in [5, 5.41) is 14.1. The van der Waals surface area contributed by atoms with Gasteiger partial charge in [-0.15, -0.1) is 11.3 Å². The fraction of sp³-hybridized carbons (Fsp3) is 0.0938. The van der Waals surface area contributed by atoms with Gasteiger partial charge in [0.2, 0.25) is 0 Å². The van der Waals surface area contributed by atoms with E-state index in [4.69, 9.17) is 10.1 Å². The molecule has 1 atom stereocenters. The van der Waals surface area contributed by atoms with Gasteiger partial charge in [-0.25, -0.2) is 9.37 Å². The van der Waals surface area contributed by atoms with Crippen LogP contribution in [0.15, 0.2) is 109 Å². The van der Waals surface area contributed by atoms with Gasteiger partial charge in [0.1, 0.15) is 11.9 Å². The number of anilines is 2. The lowest BCUT2D eigenvalue weighted by atomic mass is 10.0. The molecule has 0 radical (unpaired) electrons. The fourth-order valence-electron chi connectivity index (χ4n) is 4.20. The van der Waals surface area contributed by atoms with Gasteiger partial charge >= 0.3 is 5.97 Å². The highest BCUT2D eigenvalue weighted by Crippen LogP contribution is 2.35. The number of nitrogens with zero attached hydrogens (tertiary/aromatic N) is 2. The van der Waals surface area contributed by atoms with Crippen molar-refractivity contribution in [2.45, 2.75) is 19.5 Å². The number of para-hydroxylation sites is 1. The van der Waals surface area contributed by atoms with E-state index >= 15 is 0 Å². The molecule has 0 aliphatic rings. The highest BCUT2D eigenvalue weighted by molar-refractivity contribution is 7.14. The summed E-state index contributed by atoms with van der Waals surface area (Å²) in [7, 11) is 0. The molecule has 1 amide bonds. The predicted octanol–water partition coefficient (Wildman–Crippen LogP) is 7.16. The average Bonchev–Trinajstić information content (AvgIpc) is 3.47. The highest BCUT2D eigenvalue weighted by Gasteiger charge is 2.19. The molecule has 40 heavy (non-hydrogen) atoms. The lowest BCUT2D eigenvalue weighted by molar-refractivity contribution is -0.138. The summed E-state index contributed by atoms with van der Waals surface area (Å²) in [6, 6.07) is 30.7. The lowest BCUT2D eigenvalue weighted by Gasteiger charge is -2.23. The Balaban J connectivity index is 1.39. The molecule has 1 heterocycles. The largest absolute Gasteiger partial charge is 0.480 e. The normalized spacial score (nSPS) is 11.6. The van der Waals surface area contributed by atoms with Crippen LogP contribution >= 0.6 is 11.3 Å². The van der Waals surface area contributed by atoms with E-state index in [0.29, 0.717) is 22.9 Å². The lowest BCUT2D eigenvalue weighted by Crippen LogP contribution is -2.38. The molecule has 200 valence electrons. The number of amides is 1. The van der Waals surface area contributed by atoms with Gasteiger partial charge < -0.3 is 15.3 Å². The van der Waals surface area contributed by atoms with Gasteiger partial charge in [0.25, 0.3) is 5.91 Å². The second kappa shape index (κ2) is 11.9. The number of nitrogens with one attached hydrogen (secondary N) is 1. The van der Waals surface area contributed by atoms with Crippen molar-refractivity contribution in [2.24, 2.45) is 0 Å². The third-order valence-electron chi connectivity index (χ3n) is 6.43. The summed E-state index contributed by atoms with van der Waals surface area (Å²) in [5.74, 6) is -1.96. The maximum Gasteiger partial charge on any atom is 0.325 e. The van der Waals surface area contributed by atoms with E-state index in [-0.39, 0.29) is 5.82 Å². The molecule has 0 saturated heterocycles. The summed E-state index contributed by atoms with van der Waals surface area (Å²) in [6.07, 6.45) is 0. The van der Waals surface area contributed by atoms with Crippen LogP contribution in [-0.2, 0) is 11.3 Å². The minimum Gasteiger partial charge on any atom is -0.480 e. The number of carboxylic acids is 1. The molecular weight excluding hydrogens is 525 g/mol. The first-order valence-corrected chi connectivity index (χ1v) is 13.5. The monoisotopic (exact) mass is 551 g/mol. The van der Waals surface area contributed by atoms with Crippen LogP contribution in [0, 0.1) is 5.82 Å². The number of carbonyl (C=O) groups is 2. The molecule has 2 N–H and O–H groups in total. The number of rotatable bonds is 9. The Hall–Kier alpha value is -4.82. The van der Waals surface area contributed by atoms with Gasteiger partial charge in [-0.3, -0.25) is 9.59 Å². The maximum atomic E-state index is 15.0. The van der Waals surface area contributed by atoms with E-state index in [2.05, 4.69) is 29.6 Å². The zero-order valence-corrected chi connectivity index (χ0v) is 22.4. The van der Waals surface area contributed by atoms with Crippen LogP contribution in [0.25, 0.3) is 22.4 Å². The number of carboxylic acid groups (broad SMARTS) is 1. The van der Waals surface area contributed by atoms with Crippen molar-refractivity contribution in [3.8, 4) is 22.4 Å². The molecule has 0 saturated carbocycles. The first kappa shape index (κ1) is 26.8. The van der Waals surface area contributed by atoms with Crippen LogP contribution in [0.3, 0.4) is 0 Å². The summed E-state index contributed by atoms with van der Waals surface area (Å²) >= 11 is 1.42. The maximum absolute atomic E-state index is 15.0. The molecule has 0 aliphatic carbocycles. The molecule has 4 aromatic carbocycles. The van der Waals surface area contributed by atoms with Crippen molar-refractivity contribution in [3.05, 3.63) is 125 Å². The van der Waals surface area contributed by atoms with Crippen LogP contribution in [0.2, 0.25) is 0 Å². The zero-order valence-electron chi connectivity index (χ0n) is 21.6. The molecule has 0 spiro atoms. The van der Waals surface area contributed by atoms with Gasteiger partial charge in [-0.05, 0) is 47.9 Å². The number of carbonyl (C=O) groups excluding carboxylic acids is 1. The van der Waals surface area contributed by atoms with Gasteiger partial charge in [-0.2, -0.15) is 0 Å². The van der Waals surface area contributed by atoms with Gasteiger partial charge in [0.15, 0.2) is 5.13 Å². The number of thiazole rings is 1. The van der Waals surface area contributed by atoms with E-state index in [9.17, 15) is 14.0 Å². The second-order valence-electron chi connectivity index (χ2n) is 9.23. The third kappa shape index (κ3) is 6.08. The quantitative estimate of drug-likeness (QED) is 0.203. The van der Waals surface area contributed by atoms with Gasteiger partial charge in [0, 0.05) is 16.5 Å². The number of benzene rings is 4. The van der Waals surface area contributed by atoms with E-state index in [1.807, 2.05) is 40.6 Å². The highest BCUT2D eigenvalue weighted by atomic mass is 32.1. The van der Waals surface area contributed by atoms with Crippen molar-refractivity contribution in [1.29, 1.82) is 0 Å². The first-order valence-electron chi connectivity index (χ1n) is 12.6. The predicted molar refractivity (Wildman–Crippen MR) is 156 cm³/mol. The SMILES string of the molecule is CC(NC(=O)c1ccc(CN(c2nc(-c3ccc(-c4ccccc4)cc3)cs2)c2ccccc2F)cc1)C(=O)O. The molecule has 0 aliphatic heterocycles. The molecule has 6 nitrogen and oxygen atoms in total. The summed E-state index contributed by atoms with van der Waals surface area (Å²) in [6.45, 7) is 1.72. The molecule has 0 bridgehead atoms. The number of aromatic nitrogens is 1.